The molecule has 0 atom stereocenters. The Morgan fingerprint density at radius 3 is 1.75 bits per heavy atom. The molecule has 5 heteroatoms. The Kier molecular flexibility index (Phi) is 21.4. The van der Waals surface area contributed by atoms with Gasteiger partial charge in [-0.25, -0.2) is 4.57 Å². The normalized spacial score (nSPS) is 7.88. The maximum Gasteiger partial charge on any atom is 0.327 e. The lowest BCUT2D eigenvalue weighted by Crippen LogP contribution is -1.85. The average Bonchev–Trinajstić information content (AvgIpc) is 1.88. The van der Waals surface area contributed by atoms with E-state index in [4.69, 9.17) is 14.8 Å². The summed E-state index contributed by atoms with van der Waals surface area (Å²) in [5.41, 5.74) is 0. The van der Waals surface area contributed by atoms with Crippen LogP contribution in [-0.4, -0.2) is 30.5 Å². The molecular formula is C3H9O4P. The van der Waals surface area contributed by atoms with Crippen LogP contribution in [-0.2, 0) is 9.09 Å². The van der Waals surface area contributed by atoms with Crippen LogP contribution in [0, 0.1) is 0 Å². The molecule has 0 fully saturated rings. The fourth-order valence-corrected chi connectivity index (χ4v) is 0. The first-order valence-corrected chi connectivity index (χ1v) is 2.64. The third-order valence-corrected chi connectivity index (χ3v) is 0.324. The van der Waals surface area contributed by atoms with E-state index in [1.165, 1.54) is 7.11 Å². The van der Waals surface area contributed by atoms with Gasteiger partial charge in [-0.05, 0) is 0 Å². The van der Waals surface area contributed by atoms with Crippen LogP contribution in [0.5, 0.6) is 0 Å². The highest BCUT2D eigenvalue weighted by atomic mass is 31.1. The molecule has 0 saturated heterocycles. The van der Waals surface area contributed by atoms with Gasteiger partial charge in [0.15, 0.2) is 0 Å². The van der Waals surface area contributed by atoms with Gasteiger partial charge >= 0.3 is 8.69 Å². The van der Waals surface area contributed by atoms with Gasteiger partial charge in [0.2, 0.25) is 0 Å². The fourth-order valence-electron chi connectivity index (χ4n) is 0. The van der Waals surface area contributed by atoms with Gasteiger partial charge < -0.3 is 10.2 Å². The summed E-state index contributed by atoms with van der Waals surface area (Å²) in [6.45, 7) is -0.250. The summed E-state index contributed by atoms with van der Waals surface area (Å²) >= 11 is 0. The van der Waals surface area contributed by atoms with Gasteiger partial charge in [-0.3, -0.25) is 4.52 Å². The first kappa shape index (κ1) is 10.9. The van der Waals surface area contributed by atoms with Gasteiger partial charge in [0, 0.05) is 7.11 Å². The summed E-state index contributed by atoms with van der Waals surface area (Å²) in [6.07, 6.45) is 0. The summed E-state index contributed by atoms with van der Waals surface area (Å²) in [4.78, 5) is 0. The molecule has 0 bridgehead atoms. The van der Waals surface area contributed by atoms with Crippen LogP contribution in [0.25, 0.3) is 0 Å². The SMILES string of the molecule is COP=O.OCCO. The minimum atomic E-state index is -0.252. The van der Waals surface area contributed by atoms with Crippen molar-refractivity contribution in [2.45, 2.75) is 0 Å². The zero-order chi connectivity index (χ0) is 6.83. The Morgan fingerprint density at radius 1 is 1.50 bits per heavy atom. The molecule has 0 saturated carbocycles. The Labute approximate surface area is 49.4 Å². The molecule has 0 aliphatic rings. The van der Waals surface area contributed by atoms with Crippen LogP contribution in [0.3, 0.4) is 0 Å². The largest absolute Gasteiger partial charge is 0.394 e. The fraction of sp³-hybridized carbons (Fsp3) is 1.00. The van der Waals surface area contributed by atoms with Crippen LogP contribution in [0.4, 0.5) is 0 Å². The minimum Gasteiger partial charge on any atom is -0.394 e. The molecule has 0 radical (unpaired) electrons. The van der Waals surface area contributed by atoms with Gasteiger partial charge in [-0.15, -0.1) is 0 Å². The standard InChI is InChI=1S/C2H6O2.CH3O2P/c3-1-2-4;1-3-4-2/h3-4H,1-2H2;1H3. The lowest BCUT2D eigenvalue weighted by Gasteiger charge is -1.70. The first-order valence-electron chi connectivity index (χ1n) is 1.91. The molecule has 0 aliphatic carbocycles. The molecule has 0 aromatic carbocycles. The van der Waals surface area contributed by atoms with Crippen molar-refractivity contribution in [1.82, 2.24) is 0 Å². The highest BCUT2D eigenvalue weighted by Crippen LogP contribution is 1.83. The van der Waals surface area contributed by atoms with E-state index in [-0.39, 0.29) is 21.9 Å². The molecule has 0 amide bonds. The molecule has 0 aromatic rings. The van der Waals surface area contributed by atoms with Crippen LogP contribution in [0.2, 0.25) is 0 Å². The lowest BCUT2D eigenvalue weighted by molar-refractivity contribution is 0.186. The van der Waals surface area contributed by atoms with E-state index in [9.17, 15) is 0 Å². The third-order valence-electron chi connectivity index (χ3n) is 0.175. The maximum absolute atomic E-state index is 9.05. The quantitative estimate of drug-likeness (QED) is 0.521. The van der Waals surface area contributed by atoms with E-state index in [1.807, 2.05) is 0 Å². The monoisotopic (exact) mass is 140 g/mol. The lowest BCUT2D eigenvalue weighted by atomic mass is 10.8. The van der Waals surface area contributed by atoms with E-state index in [0.717, 1.165) is 0 Å². The van der Waals surface area contributed by atoms with E-state index < -0.39 is 0 Å². The van der Waals surface area contributed by atoms with Crippen LogP contribution < -0.4 is 0 Å². The van der Waals surface area contributed by atoms with Crippen molar-refractivity contribution in [3.05, 3.63) is 0 Å². The van der Waals surface area contributed by atoms with E-state index >= 15 is 0 Å². The van der Waals surface area contributed by atoms with Crippen molar-refractivity contribution in [3.8, 4) is 0 Å². The molecule has 0 heterocycles. The molecule has 50 valence electrons. The van der Waals surface area contributed by atoms with Gasteiger partial charge in [0.1, 0.15) is 0 Å². The third kappa shape index (κ3) is 37.8. The van der Waals surface area contributed by atoms with Gasteiger partial charge in [0.25, 0.3) is 0 Å². The summed E-state index contributed by atoms with van der Waals surface area (Å²) < 4.78 is 13.0. The van der Waals surface area contributed by atoms with Gasteiger partial charge in [-0.1, -0.05) is 0 Å². The second kappa shape index (κ2) is 15.8. The maximum atomic E-state index is 9.05. The molecule has 2 N–H and O–H groups in total. The van der Waals surface area contributed by atoms with E-state index in [0.29, 0.717) is 0 Å². The smallest absolute Gasteiger partial charge is 0.327 e. The Bertz CT molecular complexity index is 38.3. The summed E-state index contributed by atoms with van der Waals surface area (Å²) in [6, 6.07) is 0. The minimum absolute atomic E-state index is 0.125. The number of aliphatic hydroxyl groups is 2. The van der Waals surface area contributed by atoms with Crippen molar-refractivity contribution in [3.63, 3.8) is 0 Å². The van der Waals surface area contributed by atoms with Crippen molar-refractivity contribution >= 4 is 8.69 Å². The second-order valence-corrected chi connectivity index (χ2v) is 1.22. The highest BCUT2D eigenvalue weighted by molar-refractivity contribution is 7.17. The molecule has 8 heavy (non-hydrogen) atoms. The topological polar surface area (TPSA) is 66.8 Å². The first-order chi connectivity index (χ1) is 3.83. The highest BCUT2D eigenvalue weighted by Gasteiger charge is 1.58. The molecule has 4 nitrogen and oxygen atoms in total. The Hall–Kier alpha value is -0.0200. The van der Waals surface area contributed by atoms with Crippen molar-refractivity contribution in [1.29, 1.82) is 0 Å². The Balaban J connectivity index is 0. The summed E-state index contributed by atoms with van der Waals surface area (Å²) in [5.74, 6) is 0. The van der Waals surface area contributed by atoms with Crippen LogP contribution >= 0.6 is 8.69 Å². The average molecular weight is 140 g/mol. The molecule has 0 aromatic heterocycles. The Morgan fingerprint density at radius 2 is 1.75 bits per heavy atom. The number of rotatable bonds is 2. The van der Waals surface area contributed by atoms with Gasteiger partial charge in [0.05, 0.1) is 13.2 Å². The predicted octanol–water partition coefficient (Wildman–Crippen LogP) is -0.190. The van der Waals surface area contributed by atoms with E-state index in [1.54, 1.807) is 0 Å². The zero-order valence-corrected chi connectivity index (χ0v) is 5.47. The van der Waals surface area contributed by atoms with Gasteiger partial charge in [-0.2, -0.15) is 0 Å². The molecule has 0 rings (SSSR count). The van der Waals surface area contributed by atoms with Crippen LogP contribution in [0.1, 0.15) is 0 Å². The number of hydrogen-bond acceptors (Lipinski definition) is 4. The van der Waals surface area contributed by atoms with E-state index in [2.05, 4.69) is 4.52 Å². The molecule has 0 spiro atoms. The number of hydrogen-bond donors (Lipinski definition) is 2. The van der Waals surface area contributed by atoms with Crippen LogP contribution in [0.15, 0.2) is 0 Å². The second-order valence-electron chi connectivity index (χ2n) is 0.704. The van der Waals surface area contributed by atoms with Crippen molar-refractivity contribution < 1.29 is 19.3 Å². The molecule has 0 unspecified atom stereocenters. The summed E-state index contributed by atoms with van der Waals surface area (Å²) in [7, 11) is 1.10. The zero-order valence-electron chi connectivity index (χ0n) is 4.57. The van der Waals surface area contributed by atoms with Crippen molar-refractivity contribution in [2.24, 2.45) is 0 Å². The predicted molar refractivity (Wildman–Crippen MR) is 28.8 cm³/mol. The molecule has 0 aliphatic heterocycles. The summed E-state index contributed by atoms with van der Waals surface area (Å²) in [5, 5.41) is 15.2. The number of aliphatic hydroxyl groups excluding tert-OH is 2. The molecular weight excluding hydrogens is 131 g/mol. The van der Waals surface area contributed by atoms with Crippen molar-refractivity contribution in [2.75, 3.05) is 20.3 Å².